The van der Waals surface area contributed by atoms with Crippen molar-refractivity contribution >= 4 is 66.4 Å². The molecular weight excluding hydrogens is 1290 g/mol. The van der Waals surface area contributed by atoms with Crippen LogP contribution in [0, 0.1) is 0 Å². The molecule has 107 heavy (non-hydrogen) atoms. The summed E-state index contributed by atoms with van der Waals surface area (Å²) in [5.41, 5.74) is 31.7. The Morgan fingerprint density at radius 3 is 0.972 bits per heavy atom. The van der Waals surface area contributed by atoms with Crippen molar-refractivity contribution in [2.45, 2.75) is 16.2 Å². The molecule has 0 saturated carbocycles. The minimum atomic E-state index is -0.729. The molecule has 0 N–H and O–H groups in total. The molecule has 498 valence electrons. The number of hydrogen-bond acceptors (Lipinski definition) is 2. The minimum Gasteiger partial charge on any atom is -0.309 e. The molecule has 18 aromatic carbocycles. The van der Waals surface area contributed by atoms with E-state index in [1.807, 2.05) is 0 Å². The van der Waals surface area contributed by atoms with Gasteiger partial charge in [0.25, 0.3) is 0 Å². The van der Waals surface area contributed by atoms with Gasteiger partial charge in [0.2, 0.25) is 0 Å². The lowest BCUT2D eigenvalue weighted by atomic mass is 9.62. The van der Waals surface area contributed by atoms with Crippen molar-refractivity contribution < 1.29 is 0 Å². The molecule has 0 bridgehead atoms. The van der Waals surface area contributed by atoms with Crippen molar-refractivity contribution in [2.24, 2.45) is 0 Å². The van der Waals surface area contributed by atoms with Crippen molar-refractivity contribution in [3.63, 3.8) is 0 Å². The molecule has 2 heterocycles. The van der Waals surface area contributed by atoms with Gasteiger partial charge in [-0.3, -0.25) is 0 Å². The van der Waals surface area contributed by atoms with Gasteiger partial charge in [0.15, 0.2) is 0 Å². The van der Waals surface area contributed by atoms with Gasteiger partial charge in [-0.05, 0) is 186 Å². The lowest BCUT2D eigenvalue weighted by molar-refractivity contribution is 0.731. The maximum atomic E-state index is 2.58. The SMILES string of the molecule is c1ccc(N2c3ccccc3C(c3ccccc3)(c3ccccc3)c3cccc(-c4cccc5c(-c6cccc7c6-c6ccccc6C76c7ccccc7-c7c6ccc6ccccc76)c6cccc(-c7cccc8c7N(c7ccccc7)c7ccccc7C8(c7ccccc7)c7ccccc7)c6cc45)c32)cc1. The van der Waals surface area contributed by atoms with Crippen LogP contribution >= 0.6 is 0 Å². The monoisotopic (exact) mass is 1360 g/mol. The molecule has 0 saturated heterocycles. The molecule has 2 aliphatic heterocycles. The maximum absolute atomic E-state index is 2.58. The normalized spacial score (nSPS) is 15.1. The number of anilines is 6. The molecule has 22 rings (SSSR count). The van der Waals surface area contributed by atoms with Crippen LogP contribution in [-0.4, -0.2) is 0 Å². The van der Waals surface area contributed by atoms with E-state index in [2.05, 4.69) is 422 Å². The molecule has 2 aliphatic carbocycles. The predicted octanol–water partition coefficient (Wildman–Crippen LogP) is 26.8. The fraction of sp³-hybridized carbons (Fsp3) is 0.0286. The molecule has 1 unspecified atom stereocenters. The van der Waals surface area contributed by atoms with Crippen molar-refractivity contribution in [3.05, 3.63) is 479 Å². The summed E-state index contributed by atoms with van der Waals surface area (Å²) in [6.07, 6.45) is 0. The molecule has 2 nitrogen and oxygen atoms in total. The summed E-state index contributed by atoms with van der Waals surface area (Å²) in [6.45, 7) is 0. The van der Waals surface area contributed by atoms with Gasteiger partial charge in [-0.2, -0.15) is 0 Å². The Kier molecular flexibility index (Phi) is 13.5. The fourth-order valence-corrected chi connectivity index (χ4v) is 20.2. The summed E-state index contributed by atoms with van der Waals surface area (Å²) in [6, 6.07) is 156. The van der Waals surface area contributed by atoms with Gasteiger partial charge in [-0.1, -0.05) is 370 Å². The van der Waals surface area contributed by atoms with E-state index < -0.39 is 16.2 Å². The zero-order valence-electron chi connectivity index (χ0n) is 58.7. The third-order valence-corrected chi connectivity index (χ3v) is 24.2. The smallest absolute Gasteiger partial charge is 0.0742 e. The van der Waals surface area contributed by atoms with Gasteiger partial charge in [0.1, 0.15) is 0 Å². The van der Waals surface area contributed by atoms with E-state index in [4.69, 9.17) is 0 Å². The van der Waals surface area contributed by atoms with E-state index in [1.165, 1.54) is 122 Å². The first-order valence-corrected chi connectivity index (χ1v) is 37.4. The van der Waals surface area contributed by atoms with Crippen LogP contribution in [0.4, 0.5) is 34.1 Å². The van der Waals surface area contributed by atoms with Crippen LogP contribution in [0.1, 0.15) is 66.8 Å². The van der Waals surface area contributed by atoms with E-state index in [1.54, 1.807) is 0 Å². The number of rotatable bonds is 9. The van der Waals surface area contributed by atoms with Gasteiger partial charge >= 0.3 is 0 Å². The summed E-state index contributed by atoms with van der Waals surface area (Å²) >= 11 is 0. The Labute approximate surface area is 623 Å². The van der Waals surface area contributed by atoms with E-state index in [-0.39, 0.29) is 0 Å². The molecule has 0 aromatic heterocycles. The van der Waals surface area contributed by atoms with Crippen LogP contribution < -0.4 is 9.80 Å². The van der Waals surface area contributed by atoms with E-state index in [9.17, 15) is 0 Å². The molecule has 2 heteroatoms. The largest absolute Gasteiger partial charge is 0.309 e. The van der Waals surface area contributed by atoms with E-state index in [0.717, 1.165) is 67.2 Å². The molecule has 4 aliphatic rings. The average Bonchev–Trinajstić information content (AvgIpc) is 1.66. The number of hydrogen-bond donors (Lipinski definition) is 0. The Balaban J connectivity index is 0.896. The maximum Gasteiger partial charge on any atom is 0.0742 e. The highest BCUT2D eigenvalue weighted by Gasteiger charge is 2.54. The second-order valence-electron chi connectivity index (χ2n) is 29.1. The lowest BCUT2D eigenvalue weighted by Crippen LogP contribution is -2.38. The highest BCUT2D eigenvalue weighted by Crippen LogP contribution is 2.67. The Hall–Kier alpha value is -13.7. The summed E-state index contributed by atoms with van der Waals surface area (Å²) in [5.74, 6) is 0. The van der Waals surface area contributed by atoms with Crippen LogP contribution in [0.15, 0.2) is 413 Å². The zero-order valence-corrected chi connectivity index (χ0v) is 58.7. The summed E-state index contributed by atoms with van der Waals surface area (Å²) < 4.78 is 0. The Morgan fingerprint density at radius 1 is 0.168 bits per heavy atom. The van der Waals surface area contributed by atoms with Crippen LogP contribution in [-0.2, 0) is 16.2 Å². The molecule has 0 amide bonds. The van der Waals surface area contributed by atoms with E-state index >= 15 is 0 Å². The van der Waals surface area contributed by atoms with Crippen molar-refractivity contribution in [3.8, 4) is 55.6 Å². The average molecular weight is 1360 g/mol. The van der Waals surface area contributed by atoms with Gasteiger partial charge in [0.05, 0.1) is 39.0 Å². The topological polar surface area (TPSA) is 6.48 Å². The standard InChI is InChI=1S/C105H68N2/c1-7-35-70(36-8-1)103(71-37-9-2-10-38-71)90-59-25-27-64-96(90)106(74-43-15-5-16-44-74)101-81(54-31-62-94(101)103)77-50-29-52-79-86(77)68-87-78(82-55-32-63-95-102(82)107(75-45-17-6-18-46-75)97-65-28-26-60-91(97)104(95,72-39-11-3-12-40-72)73-41-13-4-14-42-73)51-30-53-80(87)98(79)85-56-33-61-92-100(85)84-49-22-24-58-89(84)105(92)88-57-23-21-48-83(88)99-76-47-20-19-34-69(76)66-67-93(99)105/h1-68H. The zero-order chi connectivity index (χ0) is 70.4. The number of fused-ring (bicyclic) bond motifs is 18. The van der Waals surface area contributed by atoms with Crippen molar-refractivity contribution in [1.82, 2.24) is 0 Å². The molecule has 0 fully saturated rings. The molecule has 1 atom stereocenters. The highest BCUT2D eigenvalue weighted by molar-refractivity contribution is 6.23. The number of benzene rings is 18. The Bertz CT molecular complexity index is 6260. The second kappa shape index (κ2) is 23.7. The van der Waals surface area contributed by atoms with Crippen LogP contribution in [0.3, 0.4) is 0 Å². The number of nitrogens with zero attached hydrogens (tertiary/aromatic N) is 2. The van der Waals surface area contributed by atoms with E-state index in [0.29, 0.717) is 0 Å². The summed E-state index contributed by atoms with van der Waals surface area (Å²) in [7, 11) is 0. The third-order valence-electron chi connectivity index (χ3n) is 24.2. The molecule has 1 spiro atoms. The van der Waals surface area contributed by atoms with Gasteiger partial charge in [-0.25, -0.2) is 0 Å². The molecular formula is C105H68N2. The van der Waals surface area contributed by atoms with Crippen molar-refractivity contribution in [1.29, 1.82) is 0 Å². The third kappa shape index (κ3) is 8.35. The summed E-state index contributed by atoms with van der Waals surface area (Å²) in [4.78, 5) is 5.13. The first-order valence-electron chi connectivity index (χ1n) is 37.4. The van der Waals surface area contributed by atoms with Crippen molar-refractivity contribution in [2.75, 3.05) is 9.80 Å². The molecule has 0 radical (unpaired) electrons. The molecule has 18 aromatic rings. The Morgan fingerprint density at radius 2 is 0.495 bits per heavy atom. The van der Waals surface area contributed by atoms with Crippen LogP contribution in [0.25, 0.3) is 88.0 Å². The fourth-order valence-electron chi connectivity index (χ4n) is 20.2. The lowest BCUT2D eigenvalue weighted by Gasteiger charge is -2.47. The first-order chi connectivity index (χ1) is 53.2. The minimum absolute atomic E-state index is 0.608. The van der Waals surface area contributed by atoms with Crippen LogP contribution in [0.2, 0.25) is 0 Å². The van der Waals surface area contributed by atoms with Gasteiger partial charge in [-0.15, -0.1) is 0 Å². The van der Waals surface area contributed by atoms with Crippen LogP contribution in [0.5, 0.6) is 0 Å². The number of para-hydroxylation sites is 6. The van der Waals surface area contributed by atoms with Gasteiger partial charge in [0, 0.05) is 22.5 Å². The second-order valence-corrected chi connectivity index (χ2v) is 29.1. The quantitative estimate of drug-likeness (QED) is 0.133. The predicted molar refractivity (Wildman–Crippen MR) is 445 cm³/mol. The highest BCUT2D eigenvalue weighted by atomic mass is 15.2. The first kappa shape index (κ1) is 60.9. The van der Waals surface area contributed by atoms with Gasteiger partial charge < -0.3 is 9.80 Å². The summed E-state index contributed by atoms with van der Waals surface area (Å²) in [5, 5.41) is 7.20.